The van der Waals surface area contributed by atoms with Crippen LogP contribution in [0.3, 0.4) is 0 Å². The van der Waals surface area contributed by atoms with Crippen LogP contribution >= 0.6 is 15.9 Å². The average Bonchev–Trinajstić information content (AvgIpc) is 2.72. The van der Waals surface area contributed by atoms with Crippen molar-refractivity contribution in [2.45, 2.75) is 18.8 Å². The number of likely N-dealkylation sites (tertiary alicyclic amines) is 1. The minimum atomic E-state index is 0.484. The highest BCUT2D eigenvalue weighted by Gasteiger charge is 2.22. The van der Waals surface area contributed by atoms with E-state index in [9.17, 15) is 0 Å². The van der Waals surface area contributed by atoms with Gasteiger partial charge in [-0.15, -0.1) is 0 Å². The lowest BCUT2D eigenvalue weighted by Gasteiger charge is -2.26. The monoisotopic (exact) mass is 294 g/mol. The van der Waals surface area contributed by atoms with E-state index in [0.29, 0.717) is 5.92 Å². The van der Waals surface area contributed by atoms with E-state index >= 15 is 0 Å². The van der Waals surface area contributed by atoms with Gasteiger partial charge in [0.25, 0.3) is 0 Å². The van der Waals surface area contributed by atoms with E-state index < -0.39 is 0 Å². The van der Waals surface area contributed by atoms with Crippen LogP contribution in [0.15, 0.2) is 27.1 Å². The molecule has 0 atom stereocenters. The van der Waals surface area contributed by atoms with Crippen LogP contribution in [0.5, 0.6) is 0 Å². The third kappa shape index (κ3) is 2.24. The molecule has 0 radical (unpaired) electrons. The lowest BCUT2D eigenvalue weighted by atomic mass is 9.97. The number of rotatable bonds is 1. The summed E-state index contributed by atoms with van der Waals surface area (Å²) in [4.78, 5) is 6.95. The number of hydrogen-bond acceptors (Lipinski definition) is 3. The molecule has 1 aromatic heterocycles. The molecule has 0 amide bonds. The van der Waals surface area contributed by atoms with Crippen LogP contribution in [0, 0.1) is 0 Å². The minimum Gasteiger partial charge on any atom is -0.440 e. The Balaban J connectivity index is 1.90. The first-order chi connectivity index (χ1) is 8.22. The zero-order valence-corrected chi connectivity index (χ0v) is 11.4. The molecule has 3 rings (SSSR count). The fraction of sp³-hybridized carbons (Fsp3) is 0.462. The molecule has 0 aliphatic carbocycles. The van der Waals surface area contributed by atoms with Crippen molar-refractivity contribution in [2.75, 3.05) is 20.1 Å². The first-order valence-corrected chi connectivity index (χ1v) is 6.76. The van der Waals surface area contributed by atoms with Crippen LogP contribution in [0.4, 0.5) is 0 Å². The number of aromatic nitrogens is 1. The number of fused-ring (bicyclic) bond motifs is 1. The number of benzene rings is 1. The molecule has 0 unspecified atom stereocenters. The zero-order chi connectivity index (χ0) is 11.8. The Kier molecular flexibility index (Phi) is 2.92. The Hall–Kier alpha value is -0.870. The molecular weight excluding hydrogens is 280 g/mol. The molecule has 0 N–H and O–H groups in total. The summed E-state index contributed by atoms with van der Waals surface area (Å²) in [6, 6.07) is 5.99. The van der Waals surface area contributed by atoms with Crippen molar-refractivity contribution < 1.29 is 4.42 Å². The zero-order valence-electron chi connectivity index (χ0n) is 9.82. The van der Waals surface area contributed by atoms with Gasteiger partial charge in [-0.1, -0.05) is 15.9 Å². The van der Waals surface area contributed by atoms with E-state index in [-0.39, 0.29) is 0 Å². The van der Waals surface area contributed by atoms with Crippen molar-refractivity contribution in [2.24, 2.45) is 0 Å². The molecule has 1 aliphatic rings. The third-order valence-corrected chi connectivity index (χ3v) is 3.93. The summed E-state index contributed by atoms with van der Waals surface area (Å²) in [5.74, 6) is 1.39. The highest BCUT2D eigenvalue weighted by atomic mass is 79.9. The van der Waals surface area contributed by atoms with Gasteiger partial charge in [-0.05, 0) is 51.2 Å². The molecule has 90 valence electrons. The van der Waals surface area contributed by atoms with E-state index in [2.05, 4.69) is 32.9 Å². The molecular formula is C13H15BrN2O. The lowest BCUT2D eigenvalue weighted by molar-refractivity contribution is 0.239. The van der Waals surface area contributed by atoms with Gasteiger partial charge in [0.2, 0.25) is 0 Å². The first kappa shape index (κ1) is 11.2. The van der Waals surface area contributed by atoms with Crippen molar-refractivity contribution in [1.82, 2.24) is 9.88 Å². The normalized spacial score (nSPS) is 18.9. The maximum Gasteiger partial charge on any atom is 0.198 e. The second-order valence-electron chi connectivity index (χ2n) is 4.74. The Morgan fingerprint density at radius 1 is 1.35 bits per heavy atom. The molecule has 1 fully saturated rings. The van der Waals surface area contributed by atoms with Gasteiger partial charge in [-0.2, -0.15) is 0 Å². The van der Waals surface area contributed by atoms with Crippen LogP contribution in [0.2, 0.25) is 0 Å². The van der Waals surface area contributed by atoms with Crippen molar-refractivity contribution in [3.8, 4) is 0 Å². The number of halogens is 1. The standard InChI is InChI=1S/C13H15BrN2O/c1-16-6-4-9(5-7-16)13-15-11-3-2-10(14)8-12(11)17-13/h2-3,8-9H,4-7H2,1H3. The van der Waals surface area contributed by atoms with Gasteiger partial charge in [0.05, 0.1) is 0 Å². The van der Waals surface area contributed by atoms with Crippen molar-refractivity contribution in [1.29, 1.82) is 0 Å². The van der Waals surface area contributed by atoms with Gasteiger partial charge >= 0.3 is 0 Å². The molecule has 17 heavy (non-hydrogen) atoms. The smallest absolute Gasteiger partial charge is 0.198 e. The molecule has 4 heteroatoms. The molecule has 1 saturated heterocycles. The number of oxazole rings is 1. The van der Waals surface area contributed by atoms with E-state index in [0.717, 1.165) is 47.4 Å². The van der Waals surface area contributed by atoms with Gasteiger partial charge in [0.1, 0.15) is 5.52 Å². The maximum absolute atomic E-state index is 5.86. The van der Waals surface area contributed by atoms with E-state index in [4.69, 9.17) is 4.42 Å². The number of piperidine rings is 1. The molecule has 0 bridgehead atoms. The minimum absolute atomic E-state index is 0.484. The van der Waals surface area contributed by atoms with E-state index in [1.807, 2.05) is 18.2 Å². The molecule has 2 heterocycles. The Bertz CT molecular complexity index is 529. The van der Waals surface area contributed by atoms with Gasteiger partial charge in [0.15, 0.2) is 11.5 Å². The van der Waals surface area contributed by atoms with Crippen LogP contribution in [-0.2, 0) is 0 Å². The highest BCUT2D eigenvalue weighted by Crippen LogP contribution is 2.30. The van der Waals surface area contributed by atoms with Crippen molar-refractivity contribution in [3.05, 3.63) is 28.6 Å². The Morgan fingerprint density at radius 2 is 2.12 bits per heavy atom. The first-order valence-electron chi connectivity index (χ1n) is 5.97. The number of hydrogen-bond donors (Lipinski definition) is 0. The van der Waals surface area contributed by atoms with Gasteiger partial charge in [0, 0.05) is 10.4 Å². The molecule has 0 saturated carbocycles. The lowest BCUT2D eigenvalue weighted by Crippen LogP contribution is -2.29. The molecule has 1 aliphatic heterocycles. The second-order valence-corrected chi connectivity index (χ2v) is 5.66. The van der Waals surface area contributed by atoms with Crippen LogP contribution in [-0.4, -0.2) is 30.0 Å². The fourth-order valence-electron chi connectivity index (χ4n) is 2.35. The predicted molar refractivity (Wildman–Crippen MR) is 71.2 cm³/mol. The molecule has 1 aromatic carbocycles. The van der Waals surface area contributed by atoms with Crippen LogP contribution in [0.1, 0.15) is 24.7 Å². The van der Waals surface area contributed by atoms with Crippen LogP contribution in [0.25, 0.3) is 11.1 Å². The second kappa shape index (κ2) is 4.42. The van der Waals surface area contributed by atoms with Gasteiger partial charge < -0.3 is 9.32 Å². The van der Waals surface area contributed by atoms with E-state index in [1.165, 1.54) is 0 Å². The Labute approximate surface area is 109 Å². The summed E-state index contributed by atoms with van der Waals surface area (Å²) in [6.07, 6.45) is 2.29. The van der Waals surface area contributed by atoms with Gasteiger partial charge in [-0.3, -0.25) is 0 Å². The largest absolute Gasteiger partial charge is 0.440 e. The van der Waals surface area contributed by atoms with Crippen molar-refractivity contribution >= 4 is 27.0 Å². The maximum atomic E-state index is 5.86. The summed E-state index contributed by atoms with van der Waals surface area (Å²) in [6.45, 7) is 2.26. The third-order valence-electron chi connectivity index (χ3n) is 3.43. The predicted octanol–water partition coefficient (Wildman–Crippen LogP) is 3.40. The fourth-order valence-corrected chi connectivity index (χ4v) is 2.69. The Morgan fingerprint density at radius 3 is 2.88 bits per heavy atom. The van der Waals surface area contributed by atoms with Crippen molar-refractivity contribution in [3.63, 3.8) is 0 Å². The van der Waals surface area contributed by atoms with Crippen LogP contribution < -0.4 is 0 Å². The SMILES string of the molecule is CN1CCC(c2nc3ccc(Br)cc3o2)CC1. The molecule has 0 spiro atoms. The topological polar surface area (TPSA) is 29.3 Å². The summed E-state index contributed by atoms with van der Waals surface area (Å²) >= 11 is 3.45. The summed E-state index contributed by atoms with van der Waals surface area (Å²) in [5, 5.41) is 0. The average molecular weight is 295 g/mol. The van der Waals surface area contributed by atoms with E-state index in [1.54, 1.807) is 0 Å². The summed E-state index contributed by atoms with van der Waals surface area (Å²) in [5.41, 5.74) is 1.84. The number of nitrogens with zero attached hydrogens (tertiary/aromatic N) is 2. The molecule has 2 aromatic rings. The quantitative estimate of drug-likeness (QED) is 0.807. The molecule has 3 nitrogen and oxygen atoms in total. The summed E-state index contributed by atoms with van der Waals surface area (Å²) in [7, 11) is 2.17. The highest BCUT2D eigenvalue weighted by molar-refractivity contribution is 9.10. The summed E-state index contributed by atoms with van der Waals surface area (Å²) < 4.78 is 6.90. The van der Waals surface area contributed by atoms with Gasteiger partial charge in [-0.25, -0.2) is 4.98 Å².